The molecule has 0 fully saturated rings. The Hall–Kier alpha value is -3.86. The summed E-state index contributed by atoms with van der Waals surface area (Å²) in [5.74, 6) is -0.918. The molecular formula is C25H28N4O6S. The van der Waals surface area contributed by atoms with Crippen molar-refractivity contribution in [2.45, 2.75) is 32.9 Å². The lowest BCUT2D eigenvalue weighted by atomic mass is 9.94. The first-order valence-electron chi connectivity index (χ1n) is 11.3. The fraction of sp³-hybridized carbons (Fsp3) is 0.360. The Kier molecular flexibility index (Phi) is 7.30. The number of aromatic amines is 1. The molecule has 0 saturated carbocycles. The first-order chi connectivity index (χ1) is 17.3. The van der Waals surface area contributed by atoms with E-state index >= 15 is 0 Å². The summed E-state index contributed by atoms with van der Waals surface area (Å²) in [5, 5.41) is 14.0. The second kappa shape index (κ2) is 10.4. The van der Waals surface area contributed by atoms with Crippen molar-refractivity contribution in [1.29, 1.82) is 0 Å². The molecule has 0 spiro atoms. The number of carbonyl (C=O) groups is 2. The van der Waals surface area contributed by atoms with Crippen molar-refractivity contribution in [3.63, 3.8) is 0 Å². The van der Waals surface area contributed by atoms with E-state index in [0.717, 1.165) is 0 Å². The number of methoxy groups -OCH3 is 3. The lowest BCUT2D eigenvalue weighted by Gasteiger charge is -2.28. The molecule has 1 aliphatic heterocycles. The molecule has 1 N–H and O–H groups in total. The topological polar surface area (TPSA) is 121 Å². The van der Waals surface area contributed by atoms with Crippen molar-refractivity contribution in [2.24, 2.45) is 0 Å². The summed E-state index contributed by atoms with van der Waals surface area (Å²) in [6.07, 6.45) is 6.06. The number of nitrogens with zero attached hydrogens (tertiary/aromatic N) is 3. The number of amides is 1. The molecule has 10 nitrogen and oxygen atoms in total. The number of hydrogen-bond donors (Lipinski definition) is 1. The van der Waals surface area contributed by atoms with Gasteiger partial charge >= 0.3 is 0 Å². The van der Waals surface area contributed by atoms with Crippen LogP contribution in [-0.2, 0) is 11.3 Å². The van der Waals surface area contributed by atoms with Crippen LogP contribution in [0.4, 0.5) is 0 Å². The van der Waals surface area contributed by atoms with Crippen molar-refractivity contribution in [2.75, 3.05) is 27.9 Å². The van der Waals surface area contributed by atoms with Crippen LogP contribution in [0.25, 0.3) is 0 Å². The Morgan fingerprint density at radius 2 is 1.89 bits per heavy atom. The fourth-order valence-electron chi connectivity index (χ4n) is 4.45. The molecule has 1 amide bonds. The zero-order valence-corrected chi connectivity index (χ0v) is 21.6. The monoisotopic (exact) mass is 512 g/mol. The SMILES string of the molecule is COc1cc(C2C(C(=O)c3sc(C)nc3C)=C([O-])C(=O)N2CCC[n+]2cc[nH]c2)cc(OC)c1OC. The third-order valence-electron chi connectivity index (χ3n) is 6.06. The second-order valence-corrected chi connectivity index (χ2v) is 9.49. The molecule has 0 bridgehead atoms. The number of benzene rings is 1. The summed E-state index contributed by atoms with van der Waals surface area (Å²) < 4.78 is 18.4. The second-order valence-electron chi connectivity index (χ2n) is 8.28. The molecule has 36 heavy (non-hydrogen) atoms. The number of imidazole rings is 1. The van der Waals surface area contributed by atoms with Gasteiger partial charge in [-0.2, -0.15) is 0 Å². The normalized spacial score (nSPS) is 15.5. The standard InChI is InChI=1S/C25H28N4O6S/c1-14-24(36-15(2)27-14)21(30)19-20(16-11-17(33-3)23(35-5)18(12-16)34-4)29(25(32)22(19)31)9-6-8-28-10-7-26-13-28/h7,10-13,20H,6,8-9H2,1-5H3,(H,30,31). The van der Waals surface area contributed by atoms with Crippen LogP contribution < -0.4 is 23.9 Å². The van der Waals surface area contributed by atoms with Crippen LogP contribution in [0.2, 0.25) is 0 Å². The molecule has 3 heterocycles. The molecule has 11 heteroatoms. The van der Waals surface area contributed by atoms with Crippen molar-refractivity contribution in [1.82, 2.24) is 14.9 Å². The maximum atomic E-state index is 13.7. The Labute approximate surface area is 212 Å². The van der Waals surface area contributed by atoms with Crippen molar-refractivity contribution >= 4 is 23.0 Å². The summed E-state index contributed by atoms with van der Waals surface area (Å²) in [7, 11) is 4.46. The molecule has 1 atom stereocenters. The molecule has 3 aromatic rings. The summed E-state index contributed by atoms with van der Waals surface area (Å²) in [4.78, 5) is 36.1. The number of nitrogens with one attached hydrogen (secondary N) is 1. The van der Waals surface area contributed by atoms with Crippen molar-refractivity contribution in [3.8, 4) is 17.2 Å². The molecule has 1 unspecified atom stereocenters. The maximum absolute atomic E-state index is 13.7. The summed E-state index contributed by atoms with van der Waals surface area (Å²) in [5.41, 5.74) is 0.941. The van der Waals surface area contributed by atoms with Gasteiger partial charge in [-0.1, -0.05) is 0 Å². The zero-order chi connectivity index (χ0) is 26.0. The minimum absolute atomic E-state index is 0.102. The highest BCUT2D eigenvalue weighted by molar-refractivity contribution is 7.14. The Bertz CT molecular complexity index is 1290. The average molecular weight is 513 g/mol. The molecule has 1 aromatic carbocycles. The van der Waals surface area contributed by atoms with E-state index in [9.17, 15) is 14.7 Å². The van der Waals surface area contributed by atoms with Crippen LogP contribution >= 0.6 is 11.3 Å². The Morgan fingerprint density at radius 3 is 2.42 bits per heavy atom. The van der Waals surface area contributed by atoms with E-state index in [-0.39, 0.29) is 12.1 Å². The van der Waals surface area contributed by atoms with Gasteiger partial charge in [-0.3, -0.25) is 14.6 Å². The number of aromatic nitrogens is 3. The number of H-pyrrole nitrogens is 1. The zero-order valence-electron chi connectivity index (χ0n) is 20.8. The smallest absolute Gasteiger partial charge is 0.241 e. The number of hydrogen-bond acceptors (Lipinski definition) is 8. The van der Waals surface area contributed by atoms with Gasteiger partial charge in [-0.15, -0.1) is 11.3 Å². The lowest BCUT2D eigenvalue weighted by molar-refractivity contribution is -0.695. The Balaban J connectivity index is 1.80. The van der Waals surface area contributed by atoms with Gasteiger partial charge in [0.1, 0.15) is 12.4 Å². The fourth-order valence-corrected chi connectivity index (χ4v) is 5.33. The molecule has 4 rings (SSSR count). The van der Waals surface area contributed by atoms with E-state index in [4.69, 9.17) is 14.2 Å². The van der Waals surface area contributed by atoms with Crippen LogP contribution in [0.3, 0.4) is 0 Å². The van der Waals surface area contributed by atoms with Crippen molar-refractivity contribution < 1.29 is 33.5 Å². The van der Waals surface area contributed by atoms with Gasteiger partial charge in [-0.05, 0) is 37.3 Å². The number of aryl methyl sites for hydroxylation is 3. The van der Waals surface area contributed by atoms with Gasteiger partial charge in [0.25, 0.3) is 0 Å². The van der Waals surface area contributed by atoms with Crippen LogP contribution in [0, 0.1) is 13.8 Å². The van der Waals surface area contributed by atoms with Crippen LogP contribution in [-0.4, -0.2) is 54.4 Å². The minimum Gasteiger partial charge on any atom is -0.868 e. The molecule has 2 aromatic heterocycles. The third kappa shape index (κ3) is 4.53. The lowest BCUT2D eigenvalue weighted by Crippen LogP contribution is -2.37. The highest BCUT2D eigenvalue weighted by Crippen LogP contribution is 2.45. The van der Waals surface area contributed by atoms with Gasteiger partial charge in [-0.25, -0.2) is 9.55 Å². The summed E-state index contributed by atoms with van der Waals surface area (Å²) in [6, 6.07) is 2.43. The molecule has 0 radical (unpaired) electrons. The van der Waals surface area contributed by atoms with Gasteiger partial charge in [0.15, 0.2) is 11.5 Å². The molecule has 190 valence electrons. The predicted octanol–water partition coefficient (Wildman–Crippen LogP) is 1.87. The highest BCUT2D eigenvalue weighted by atomic mass is 32.1. The average Bonchev–Trinajstić information content (AvgIpc) is 3.57. The van der Waals surface area contributed by atoms with Crippen LogP contribution in [0.15, 0.2) is 42.2 Å². The first-order valence-corrected chi connectivity index (χ1v) is 12.1. The number of Topliss-reactive ketones (excluding diaryl/α,β-unsaturated/α-hetero) is 1. The third-order valence-corrected chi connectivity index (χ3v) is 7.13. The van der Waals surface area contributed by atoms with Crippen LogP contribution in [0.1, 0.15) is 38.4 Å². The van der Waals surface area contributed by atoms with Gasteiger partial charge in [0, 0.05) is 18.5 Å². The summed E-state index contributed by atoms with van der Waals surface area (Å²) >= 11 is 1.21. The van der Waals surface area contributed by atoms with E-state index in [0.29, 0.717) is 51.4 Å². The van der Waals surface area contributed by atoms with E-state index < -0.39 is 23.5 Å². The number of rotatable bonds is 10. The quantitative estimate of drug-likeness (QED) is 0.325. The van der Waals surface area contributed by atoms with Crippen molar-refractivity contribution in [3.05, 3.63) is 63.3 Å². The number of ether oxygens (including phenoxy) is 3. The molecule has 1 aliphatic rings. The molecule has 0 aliphatic carbocycles. The number of ketones is 1. The Morgan fingerprint density at radius 1 is 1.19 bits per heavy atom. The van der Waals surface area contributed by atoms with Gasteiger partial charge in [0.05, 0.1) is 49.5 Å². The first kappa shape index (κ1) is 25.2. The minimum atomic E-state index is -0.913. The number of carbonyl (C=O) groups excluding carboxylic acids is 2. The van der Waals surface area contributed by atoms with Gasteiger partial charge < -0.3 is 24.2 Å². The van der Waals surface area contributed by atoms with Gasteiger partial charge in [0.2, 0.25) is 23.8 Å². The van der Waals surface area contributed by atoms with E-state index in [1.165, 1.54) is 37.6 Å². The molecule has 0 saturated heterocycles. The molecular weight excluding hydrogens is 484 g/mol. The number of thiazole rings is 1. The largest absolute Gasteiger partial charge is 0.868 e. The van der Waals surface area contributed by atoms with Crippen LogP contribution in [0.5, 0.6) is 17.2 Å². The maximum Gasteiger partial charge on any atom is 0.241 e. The predicted molar refractivity (Wildman–Crippen MR) is 129 cm³/mol. The van der Waals surface area contributed by atoms with E-state index in [1.807, 2.05) is 17.1 Å². The van der Waals surface area contributed by atoms with E-state index in [1.54, 1.807) is 32.2 Å². The highest BCUT2D eigenvalue weighted by Gasteiger charge is 2.41. The van der Waals surface area contributed by atoms with E-state index in [2.05, 4.69) is 9.97 Å². The summed E-state index contributed by atoms with van der Waals surface area (Å²) in [6.45, 7) is 4.41.